The molecule has 6 heteroatoms. The van der Waals surface area contributed by atoms with Gasteiger partial charge in [0, 0.05) is 22.7 Å². The summed E-state index contributed by atoms with van der Waals surface area (Å²) in [6.45, 7) is 3.45. The lowest BCUT2D eigenvalue weighted by Crippen LogP contribution is -2.32. The first-order valence-corrected chi connectivity index (χ1v) is 8.06. The van der Waals surface area contributed by atoms with Crippen LogP contribution in [-0.2, 0) is 22.7 Å². The fourth-order valence-corrected chi connectivity index (χ4v) is 3.42. The number of thiophene rings is 1. The van der Waals surface area contributed by atoms with Crippen molar-refractivity contribution in [1.29, 1.82) is 0 Å². The van der Waals surface area contributed by atoms with E-state index in [2.05, 4.69) is 5.32 Å². The lowest BCUT2D eigenvalue weighted by molar-refractivity contribution is -0.129. The first-order chi connectivity index (χ1) is 10.6. The SMILES string of the molecule is Cc1ccc(CNC(=O)[C@H]2CC(=O)N(Cc3ccco3)C2)s1. The largest absolute Gasteiger partial charge is 0.467 e. The summed E-state index contributed by atoms with van der Waals surface area (Å²) in [5, 5.41) is 2.92. The molecule has 0 saturated carbocycles. The molecule has 1 saturated heterocycles. The molecule has 5 nitrogen and oxygen atoms in total. The molecule has 1 N–H and O–H groups in total. The van der Waals surface area contributed by atoms with E-state index in [1.54, 1.807) is 28.6 Å². The Labute approximate surface area is 132 Å². The number of nitrogens with zero attached hydrogens (tertiary/aromatic N) is 1. The fraction of sp³-hybridized carbons (Fsp3) is 0.375. The van der Waals surface area contributed by atoms with Crippen LogP contribution in [0.5, 0.6) is 0 Å². The Hall–Kier alpha value is -2.08. The number of likely N-dealkylation sites (tertiary alicyclic amines) is 1. The predicted molar refractivity (Wildman–Crippen MR) is 83.1 cm³/mol. The molecule has 22 heavy (non-hydrogen) atoms. The minimum atomic E-state index is -0.275. The fourth-order valence-electron chi connectivity index (χ4n) is 2.59. The van der Waals surface area contributed by atoms with Crippen LogP contribution in [0, 0.1) is 12.8 Å². The van der Waals surface area contributed by atoms with Crippen molar-refractivity contribution in [2.45, 2.75) is 26.4 Å². The van der Waals surface area contributed by atoms with Gasteiger partial charge in [-0.25, -0.2) is 0 Å². The Kier molecular flexibility index (Phi) is 4.29. The maximum Gasteiger partial charge on any atom is 0.225 e. The quantitative estimate of drug-likeness (QED) is 0.920. The highest BCUT2D eigenvalue weighted by atomic mass is 32.1. The zero-order chi connectivity index (χ0) is 15.5. The lowest BCUT2D eigenvalue weighted by atomic mass is 10.1. The molecule has 3 heterocycles. The van der Waals surface area contributed by atoms with Gasteiger partial charge >= 0.3 is 0 Å². The molecule has 116 valence electrons. The number of rotatable bonds is 5. The topological polar surface area (TPSA) is 62.6 Å². The molecule has 2 aromatic rings. The second kappa shape index (κ2) is 6.36. The van der Waals surface area contributed by atoms with E-state index in [1.807, 2.05) is 25.1 Å². The third-order valence-electron chi connectivity index (χ3n) is 3.74. The third-order valence-corrected chi connectivity index (χ3v) is 4.75. The zero-order valence-electron chi connectivity index (χ0n) is 12.4. The van der Waals surface area contributed by atoms with Crippen LogP contribution in [0.1, 0.15) is 21.9 Å². The van der Waals surface area contributed by atoms with Crippen LogP contribution in [-0.4, -0.2) is 23.3 Å². The van der Waals surface area contributed by atoms with E-state index >= 15 is 0 Å². The van der Waals surface area contributed by atoms with Crippen molar-refractivity contribution in [1.82, 2.24) is 10.2 Å². The van der Waals surface area contributed by atoms with Crippen LogP contribution >= 0.6 is 11.3 Å². The predicted octanol–water partition coefficient (Wildman–Crippen LogP) is 2.31. The molecule has 1 atom stereocenters. The van der Waals surface area contributed by atoms with E-state index in [1.165, 1.54) is 4.88 Å². The van der Waals surface area contributed by atoms with Gasteiger partial charge in [-0.15, -0.1) is 11.3 Å². The van der Waals surface area contributed by atoms with Gasteiger partial charge in [0.25, 0.3) is 0 Å². The number of aryl methyl sites for hydroxylation is 1. The summed E-state index contributed by atoms with van der Waals surface area (Å²) in [4.78, 5) is 28.2. The molecule has 0 spiro atoms. The van der Waals surface area contributed by atoms with Crippen LogP contribution < -0.4 is 5.32 Å². The van der Waals surface area contributed by atoms with E-state index in [0.717, 1.165) is 10.6 Å². The summed E-state index contributed by atoms with van der Waals surface area (Å²) >= 11 is 1.67. The second-order valence-electron chi connectivity index (χ2n) is 5.48. The summed E-state index contributed by atoms with van der Waals surface area (Å²) < 4.78 is 5.25. The van der Waals surface area contributed by atoms with Gasteiger partial charge in [0.05, 0.1) is 25.3 Å². The van der Waals surface area contributed by atoms with Gasteiger partial charge in [0.2, 0.25) is 11.8 Å². The van der Waals surface area contributed by atoms with E-state index in [0.29, 0.717) is 19.6 Å². The van der Waals surface area contributed by atoms with Crippen LogP contribution in [0.25, 0.3) is 0 Å². The summed E-state index contributed by atoms with van der Waals surface area (Å²) in [6, 6.07) is 7.68. The second-order valence-corrected chi connectivity index (χ2v) is 6.86. The molecule has 2 amide bonds. The Morgan fingerprint density at radius 3 is 3.00 bits per heavy atom. The number of hydrogen-bond donors (Lipinski definition) is 1. The van der Waals surface area contributed by atoms with Gasteiger partial charge in [-0.05, 0) is 31.2 Å². The number of hydrogen-bond acceptors (Lipinski definition) is 4. The molecule has 0 unspecified atom stereocenters. The van der Waals surface area contributed by atoms with Crippen LogP contribution in [0.2, 0.25) is 0 Å². The van der Waals surface area contributed by atoms with Gasteiger partial charge in [0.15, 0.2) is 0 Å². The standard InChI is InChI=1S/C16H18N2O3S/c1-11-4-5-14(22-11)8-17-16(20)12-7-15(19)18(9-12)10-13-3-2-6-21-13/h2-6,12H,7-10H2,1H3,(H,17,20)/t12-/m0/s1. The molecule has 1 fully saturated rings. The molecule has 3 rings (SSSR count). The summed E-state index contributed by atoms with van der Waals surface area (Å²) in [5.41, 5.74) is 0. The summed E-state index contributed by atoms with van der Waals surface area (Å²) in [5.74, 6) is 0.414. The highest BCUT2D eigenvalue weighted by molar-refractivity contribution is 7.11. The molecular weight excluding hydrogens is 300 g/mol. The van der Waals surface area contributed by atoms with Crippen molar-refractivity contribution in [2.75, 3.05) is 6.54 Å². The smallest absolute Gasteiger partial charge is 0.225 e. The van der Waals surface area contributed by atoms with Gasteiger partial charge in [-0.3, -0.25) is 9.59 Å². The van der Waals surface area contributed by atoms with Gasteiger partial charge in [-0.2, -0.15) is 0 Å². The highest BCUT2D eigenvalue weighted by Gasteiger charge is 2.34. The van der Waals surface area contributed by atoms with E-state index < -0.39 is 0 Å². The number of furan rings is 1. The molecule has 1 aliphatic rings. The molecule has 2 aromatic heterocycles. The van der Waals surface area contributed by atoms with E-state index in [-0.39, 0.29) is 24.2 Å². The minimum absolute atomic E-state index is 0.00326. The van der Waals surface area contributed by atoms with Crippen molar-refractivity contribution in [3.63, 3.8) is 0 Å². The Morgan fingerprint density at radius 2 is 2.32 bits per heavy atom. The van der Waals surface area contributed by atoms with E-state index in [4.69, 9.17) is 4.42 Å². The van der Waals surface area contributed by atoms with Gasteiger partial charge < -0.3 is 14.6 Å². The number of nitrogens with one attached hydrogen (secondary N) is 1. The van der Waals surface area contributed by atoms with Crippen LogP contribution in [0.4, 0.5) is 0 Å². The highest BCUT2D eigenvalue weighted by Crippen LogP contribution is 2.21. The lowest BCUT2D eigenvalue weighted by Gasteiger charge is -2.14. The minimum Gasteiger partial charge on any atom is -0.467 e. The van der Waals surface area contributed by atoms with Crippen molar-refractivity contribution < 1.29 is 14.0 Å². The average molecular weight is 318 g/mol. The Balaban J connectivity index is 1.52. The van der Waals surface area contributed by atoms with Crippen LogP contribution in [0.15, 0.2) is 34.9 Å². The average Bonchev–Trinajstić information content (AvgIpc) is 3.20. The summed E-state index contributed by atoms with van der Waals surface area (Å²) in [7, 11) is 0. The normalized spacial score (nSPS) is 18.0. The summed E-state index contributed by atoms with van der Waals surface area (Å²) in [6.07, 6.45) is 1.86. The van der Waals surface area contributed by atoms with Crippen molar-refractivity contribution in [3.8, 4) is 0 Å². The number of carbonyl (C=O) groups is 2. The van der Waals surface area contributed by atoms with Crippen molar-refractivity contribution in [2.24, 2.45) is 5.92 Å². The van der Waals surface area contributed by atoms with Crippen molar-refractivity contribution >= 4 is 23.2 Å². The Morgan fingerprint density at radius 1 is 1.45 bits per heavy atom. The molecule has 0 aromatic carbocycles. The van der Waals surface area contributed by atoms with E-state index in [9.17, 15) is 9.59 Å². The van der Waals surface area contributed by atoms with Gasteiger partial charge in [-0.1, -0.05) is 0 Å². The monoisotopic (exact) mass is 318 g/mol. The molecule has 0 radical (unpaired) electrons. The first-order valence-electron chi connectivity index (χ1n) is 7.25. The molecular formula is C16H18N2O3S. The Bertz CT molecular complexity index is 663. The number of carbonyl (C=O) groups excluding carboxylic acids is 2. The first kappa shape index (κ1) is 14.8. The molecule has 1 aliphatic heterocycles. The molecule has 0 aliphatic carbocycles. The maximum atomic E-state index is 12.2. The third kappa shape index (κ3) is 3.39. The van der Waals surface area contributed by atoms with Crippen LogP contribution in [0.3, 0.4) is 0 Å². The van der Waals surface area contributed by atoms with Gasteiger partial charge in [0.1, 0.15) is 5.76 Å². The maximum absolute atomic E-state index is 12.2. The zero-order valence-corrected chi connectivity index (χ0v) is 13.2. The van der Waals surface area contributed by atoms with Crippen molar-refractivity contribution in [3.05, 3.63) is 46.0 Å². The molecule has 0 bridgehead atoms. The number of amides is 2.